The van der Waals surface area contributed by atoms with E-state index in [0.29, 0.717) is 25.9 Å². The molecule has 1 saturated heterocycles. The van der Waals surface area contributed by atoms with Gasteiger partial charge >= 0.3 is 0 Å². The third-order valence-corrected chi connectivity index (χ3v) is 3.96. The number of benzene rings is 1. The number of nitrogens with zero attached hydrogens (tertiary/aromatic N) is 1. The Morgan fingerprint density at radius 2 is 2.09 bits per heavy atom. The molecule has 1 aliphatic rings. The largest absolute Gasteiger partial charge is 0.375 e. The predicted molar refractivity (Wildman–Crippen MR) is 80.4 cm³/mol. The summed E-state index contributed by atoms with van der Waals surface area (Å²) in [4.78, 5) is 25.5. The molecule has 2 rings (SSSR count). The van der Waals surface area contributed by atoms with Crippen LogP contribution in [0, 0.1) is 5.82 Å². The zero-order valence-electron chi connectivity index (χ0n) is 12.3. The lowest BCUT2D eigenvalue weighted by Crippen LogP contribution is -2.47. The summed E-state index contributed by atoms with van der Waals surface area (Å²) in [6.07, 6.45) is 1.24. The average Bonchev–Trinajstić information content (AvgIpc) is 2.48. The number of hydrogen-bond acceptors (Lipinski definition) is 3. The number of piperidine rings is 1. The zero-order chi connectivity index (χ0) is 16.1. The summed E-state index contributed by atoms with van der Waals surface area (Å²) in [6.45, 7) is 1.14. The molecule has 1 aliphatic heterocycles. The average molecular weight is 329 g/mol. The highest BCUT2D eigenvalue weighted by molar-refractivity contribution is 6.33. The monoisotopic (exact) mass is 328 g/mol. The van der Waals surface area contributed by atoms with Gasteiger partial charge in [0.1, 0.15) is 12.4 Å². The van der Waals surface area contributed by atoms with Crippen LogP contribution in [0.25, 0.3) is 0 Å². The van der Waals surface area contributed by atoms with Crippen molar-refractivity contribution in [1.82, 2.24) is 10.2 Å². The van der Waals surface area contributed by atoms with Crippen molar-refractivity contribution in [1.29, 1.82) is 0 Å². The molecule has 120 valence electrons. The fourth-order valence-electron chi connectivity index (χ4n) is 2.46. The first-order valence-electron chi connectivity index (χ1n) is 7.04. The molecule has 1 heterocycles. The van der Waals surface area contributed by atoms with E-state index in [2.05, 4.69) is 5.32 Å². The van der Waals surface area contributed by atoms with Gasteiger partial charge in [-0.3, -0.25) is 9.59 Å². The van der Waals surface area contributed by atoms with Crippen LogP contribution in [0.15, 0.2) is 18.2 Å². The number of carbonyl (C=O) groups excluding carboxylic acids is 2. The van der Waals surface area contributed by atoms with Crippen LogP contribution in [0.5, 0.6) is 0 Å². The molecule has 22 heavy (non-hydrogen) atoms. The number of halogens is 2. The maximum absolute atomic E-state index is 13.7. The van der Waals surface area contributed by atoms with E-state index in [9.17, 15) is 14.0 Å². The second-order valence-electron chi connectivity index (χ2n) is 5.16. The molecule has 0 bridgehead atoms. The highest BCUT2D eigenvalue weighted by Crippen LogP contribution is 2.20. The van der Waals surface area contributed by atoms with E-state index < -0.39 is 11.7 Å². The minimum absolute atomic E-state index is 0.0574. The van der Waals surface area contributed by atoms with Gasteiger partial charge in [-0.2, -0.15) is 0 Å². The Hall–Kier alpha value is -1.66. The fourth-order valence-corrected chi connectivity index (χ4v) is 2.71. The van der Waals surface area contributed by atoms with Crippen LogP contribution in [0.2, 0.25) is 5.02 Å². The van der Waals surface area contributed by atoms with Gasteiger partial charge in [0, 0.05) is 26.2 Å². The molecule has 1 N–H and O–H groups in total. The smallest absolute Gasteiger partial charge is 0.255 e. The van der Waals surface area contributed by atoms with Crippen molar-refractivity contribution in [2.24, 2.45) is 0 Å². The van der Waals surface area contributed by atoms with Gasteiger partial charge in [0.05, 0.1) is 10.6 Å². The van der Waals surface area contributed by atoms with Crippen LogP contribution in [-0.2, 0) is 9.53 Å². The van der Waals surface area contributed by atoms with Crippen molar-refractivity contribution in [3.63, 3.8) is 0 Å². The van der Waals surface area contributed by atoms with Crippen LogP contribution in [0.1, 0.15) is 23.2 Å². The van der Waals surface area contributed by atoms with Gasteiger partial charge in [0.15, 0.2) is 0 Å². The van der Waals surface area contributed by atoms with E-state index in [1.165, 1.54) is 25.3 Å². The summed E-state index contributed by atoms with van der Waals surface area (Å²) in [6, 6.07) is 4.03. The number of ether oxygens (including phenoxy) is 1. The summed E-state index contributed by atoms with van der Waals surface area (Å²) in [7, 11) is 1.48. The molecule has 0 saturated carbocycles. The molecular weight excluding hydrogens is 311 g/mol. The maximum atomic E-state index is 13.7. The molecule has 1 aromatic rings. The fraction of sp³-hybridized carbons (Fsp3) is 0.467. The van der Waals surface area contributed by atoms with E-state index in [1.807, 2.05) is 0 Å². The van der Waals surface area contributed by atoms with Crippen molar-refractivity contribution in [3.05, 3.63) is 34.6 Å². The lowest BCUT2D eigenvalue weighted by Gasteiger charge is -2.32. The molecule has 0 unspecified atom stereocenters. The minimum Gasteiger partial charge on any atom is -0.375 e. The van der Waals surface area contributed by atoms with E-state index >= 15 is 0 Å². The van der Waals surface area contributed by atoms with E-state index in [1.54, 1.807) is 4.90 Å². The Bertz CT molecular complexity index is 539. The molecule has 0 atom stereocenters. The molecular formula is C15H18ClFN2O3. The van der Waals surface area contributed by atoms with Gasteiger partial charge in [0.25, 0.3) is 5.91 Å². The molecule has 0 aromatic heterocycles. The van der Waals surface area contributed by atoms with Crippen molar-refractivity contribution < 1.29 is 18.7 Å². The van der Waals surface area contributed by atoms with E-state index in [4.69, 9.17) is 16.3 Å². The molecule has 5 nitrogen and oxygen atoms in total. The number of rotatable bonds is 4. The van der Waals surface area contributed by atoms with Gasteiger partial charge in [-0.05, 0) is 25.0 Å². The number of nitrogens with one attached hydrogen (secondary N) is 1. The topological polar surface area (TPSA) is 58.6 Å². The lowest BCUT2D eigenvalue weighted by atomic mass is 10.0. The third kappa shape index (κ3) is 3.96. The Morgan fingerprint density at radius 3 is 2.68 bits per heavy atom. The Morgan fingerprint density at radius 1 is 1.41 bits per heavy atom. The van der Waals surface area contributed by atoms with Crippen LogP contribution in [0.3, 0.4) is 0 Å². The first kappa shape index (κ1) is 16.7. The molecule has 0 aliphatic carbocycles. The van der Waals surface area contributed by atoms with Crippen molar-refractivity contribution in [2.45, 2.75) is 18.9 Å². The van der Waals surface area contributed by atoms with Crippen molar-refractivity contribution >= 4 is 23.4 Å². The van der Waals surface area contributed by atoms with Gasteiger partial charge in [-0.25, -0.2) is 4.39 Å². The van der Waals surface area contributed by atoms with E-state index in [0.717, 1.165) is 0 Å². The molecule has 0 radical (unpaired) electrons. The molecule has 7 heteroatoms. The summed E-state index contributed by atoms with van der Waals surface area (Å²) < 4.78 is 18.5. The molecule has 1 fully saturated rings. The first-order valence-corrected chi connectivity index (χ1v) is 7.42. The van der Waals surface area contributed by atoms with Crippen LogP contribution >= 0.6 is 11.6 Å². The van der Waals surface area contributed by atoms with Crippen LogP contribution in [-0.4, -0.2) is 49.6 Å². The highest BCUT2D eigenvalue weighted by Gasteiger charge is 2.25. The van der Waals surface area contributed by atoms with Gasteiger partial charge < -0.3 is 15.0 Å². The third-order valence-electron chi connectivity index (χ3n) is 3.64. The number of carbonyl (C=O) groups is 2. The van der Waals surface area contributed by atoms with Gasteiger partial charge in [-0.15, -0.1) is 0 Å². The molecule has 1 aromatic carbocycles. The maximum Gasteiger partial charge on any atom is 0.255 e. The second kappa shape index (κ2) is 7.56. The minimum atomic E-state index is -0.641. The summed E-state index contributed by atoms with van der Waals surface area (Å²) in [5.74, 6) is -1.23. The van der Waals surface area contributed by atoms with Crippen molar-refractivity contribution in [3.8, 4) is 0 Å². The molecule has 2 amide bonds. The predicted octanol–water partition coefficient (Wildman–Crippen LogP) is 1.85. The SMILES string of the molecule is COCC(=O)N1CCC(NC(=O)c2c(F)cccc2Cl)CC1. The Balaban J connectivity index is 1.91. The number of hydrogen-bond donors (Lipinski definition) is 1. The lowest BCUT2D eigenvalue weighted by molar-refractivity contribution is -0.136. The van der Waals surface area contributed by atoms with Crippen LogP contribution < -0.4 is 5.32 Å². The quantitative estimate of drug-likeness (QED) is 0.917. The normalized spacial score (nSPS) is 15.7. The number of amides is 2. The summed E-state index contributed by atoms with van der Waals surface area (Å²) in [5.41, 5.74) is -0.137. The standard InChI is InChI=1S/C15H18ClFN2O3/c1-22-9-13(20)19-7-5-10(6-8-19)18-15(21)14-11(16)3-2-4-12(14)17/h2-4,10H,5-9H2,1H3,(H,18,21). The van der Waals surface area contributed by atoms with Crippen molar-refractivity contribution in [2.75, 3.05) is 26.8 Å². The number of likely N-dealkylation sites (tertiary alicyclic amines) is 1. The summed E-state index contributed by atoms with van der Waals surface area (Å²) in [5, 5.41) is 2.86. The number of methoxy groups -OCH3 is 1. The van der Waals surface area contributed by atoms with E-state index in [-0.39, 0.29) is 29.1 Å². The van der Waals surface area contributed by atoms with Gasteiger partial charge in [-0.1, -0.05) is 17.7 Å². The second-order valence-corrected chi connectivity index (χ2v) is 5.57. The Kier molecular flexibility index (Phi) is 5.74. The molecule has 0 spiro atoms. The zero-order valence-corrected chi connectivity index (χ0v) is 13.0. The first-order chi connectivity index (χ1) is 10.5. The highest BCUT2D eigenvalue weighted by atomic mass is 35.5. The van der Waals surface area contributed by atoms with Crippen LogP contribution in [0.4, 0.5) is 4.39 Å². The van der Waals surface area contributed by atoms with Gasteiger partial charge in [0.2, 0.25) is 5.91 Å². The summed E-state index contributed by atoms with van der Waals surface area (Å²) >= 11 is 5.87. The Labute approximate surface area is 133 Å².